The van der Waals surface area contributed by atoms with Crippen LogP contribution in [0.25, 0.3) is 0 Å². The Bertz CT molecular complexity index is 1510. The predicted molar refractivity (Wildman–Crippen MR) is 151 cm³/mol. The van der Waals surface area contributed by atoms with Crippen molar-refractivity contribution in [3.8, 4) is 5.88 Å². The Morgan fingerprint density at radius 3 is 2.47 bits per heavy atom. The van der Waals surface area contributed by atoms with Gasteiger partial charge in [-0.3, -0.25) is 9.59 Å². The molecule has 5 rings (SSSR count). The molecular weight excluding hydrogens is 571 g/mol. The lowest BCUT2D eigenvalue weighted by molar-refractivity contribution is -0.150. The molecule has 0 unspecified atom stereocenters. The van der Waals surface area contributed by atoms with Gasteiger partial charge in [0.25, 0.3) is 0 Å². The number of rotatable bonds is 9. The van der Waals surface area contributed by atoms with Crippen LogP contribution in [0.3, 0.4) is 0 Å². The van der Waals surface area contributed by atoms with Gasteiger partial charge in [0.15, 0.2) is 0 Å². The van der Waals surface area contributed by atoms with E-state index in [0.29, 0.717) is 57.2 Å². The molecule has 0 spiro atoms. The predicted octanol–water partition coefficient (Wildman–Crippen LogP) is 3.20. The van der Waals surface area contributed by atoms with E-state index in [9.17, 15) is 22.8 Å². The summed E-state index contributed by atoms with van der Waals surface area (Å²) in [4.78, 5) is 44.5. The highest BCUT2D eigenvalue weighted by atomic mass is 19.4. The summed E-state index contributed by atoms with van der Waals surface area (Å²) in [6, 6.07) is 6.10. The SMILES string of the molecule is C=CC(=O)Nc1cccc(Nc2nc(Nc3cnc(N4CCN(C(=O)C5COC5)CC4)nc3OC)ncc2C(F)(F)F)c1. The van der Waals surface area contributed by atoms with Crippen molar-refractivity contribution in [3.63, 3.8) is 0 Å². The quantitative estimate of drug-likeness (QED) is 0.312. The lowest BCUT2D eigenvalue weighted by Crippen LogP contribution is -2.53. The largest absolute Gasteiger partial charge is 0.479 e. The lowest BCUT2D eigenvalue weighted by Gasteiger charge is -2.38. The summed E-state index contributed by atoms with van der Waals surface area (Å²) in [6.45, 7) is 6.35. The molecule has 226 valence electrons. The van der Waals surface area contributed by atoms with Crippen molar-refractivity contribution in [2.75, 3.05) is 67.4 Å². The summed E-state index contributed by atoms with van der Waals surface area (Å²) in [5.74, 6) is -0.656. The van der Waals surface area contributed by atoms with Crippen LogP contribution in [0, 0.1) is 5.92 Å². The van der Waals surface area contributed by atoms with Crippen LogP contribution >= 0.6 is 0 Å². The van der Waals surface area contributed by atoms with Gasteiger partial charge in [0.2, 0.25) is 29.6 Å². The van der Waals surface area contributed by atoms with E-state index in [1.54, 1.807) is 17.0 Å². The maximum atomic E-state index is 13.8. The van der Waals surface area contributed by atoms with Gasteiger partial charge in [0.05, 0.1) is 32.4 Å². The topological polar surface area (TPSA) is 147 Å². The van der Waals surface area contributed by atoms with Gasteiger partial charge in [0.1, 0.15) is 17.1 Å². The second-order valence-electron chi connectivity index (χ2n) is 9.62. The summed E-state index contributed by atoms with van der Waals surface area (Å²) in [7, 11) is 1.40. The van der Waals surface area contributed by atoms with Crippen LogP contribution in [0.15, 0.2) is 49.3 Å². The van der Waals surface area contributed by atoms with E-state index in [1.165, 1.54) is 25.4 Å². The van der Waals surface area contributed by atoms with Crippen LogP contribution in [-0.4, -0.2) is 83.2 Å². The third-order valence-electron chi connectivity index (χ3n) is 6.71. The van der Waals surface area contributed by atoms with Crippen LogP contribution in [0.5, 0.6) is 5.88 Å². The fourth-order valence-corrected chi connectivity index (χ4v) is 4.38. The second-order valence-corrected chi connectivity index (χ2v) is 9.62. The maximum absolute atomic E-state index is 13.8. The molecule has 0 saturated carbocycles. The Kier molecular flexibility index (Phi) is 8.56. The molecule has 0 radical (unpaired) electrons. The van der Waals surface area contributed by atoms with Gasteiger partial charge in [-0.1, -0.05) is 12.6 Å². The Morgan fingerprint density at radius 1 is 1.07 bits per heavy atom. The van der Waals surface area contributed by atoms with E-state index in [1.807, 2.05) is 4.90 Å². The van der Waals surface area contributed by atoms with Gasteiger partial charge in [0, 0.05) is 43.8 Å². The highest BCUT2D eigenvalue weighted by Crippen LogP contribution is 2.36. The normalized spacial score (nSPS) is 15.3. The van der Waals surface area contributed by atoms with Crippen molar-refractivity contribution in [2.45, 2.75) is 6.18 Å². The van der Waals surface area contributed by atoms with Crippen molar-refractivity contribution >= 4 is 46.6 Å². The highest BCUT2D eigenvalue weighted by molar-refractivity contribution is 5.99. The van der Waals surface area contributed by atoms with E-state index in [-0.39, 0.29) is 35.0 Å². The number of aromatic nitrogens is 4. The minimum Gasteiger partial charge on any atom is -0.479 e. The summed E-state index contributed by atoms with van der Waals surface area (Å²) in [5, 5.41) is 8.02. The number of anilines is 6. The molecule has 2 amide bonds. The zero-order chi connectivity index (χ0) is 30.6. The molecule has 2 fully saturated rings. The summed E-state index contributed by atoms with van der Waals surface area (Å²) < 4.78 is 51.9. The average molecular weight is 600 g/mol. The second kappa shape index (κ2) is 12.5. The summed E-state index contributed by atoms with van der Waals surface area (Å²) in [5.41, 5.74) is -0.284. The van der Waals surface area contributed by atoms with Crippen molar-refractivity contribution < 1.29 is 32.2 Å². The smallest absolute Gasteiger partial charge is 0.421 e. The number of methoxy groups -OCH3 is 1. The lowest BCUT2D eigenvalue weighted by atomic mass is 10.1. The van der Waals surface area contributed by atoms with Crippen LogP contribution in [0.2, 0.25) is 0 Å². The molecule has 4 heterocycles. The molecule has 43 heavy (non-hydrogen) atoms. The number of ether oxygens (including phenoxy) is 2. The summed E-state index contributed by atoms with van der Waals surface area (Å²) in [6.07, 6.45) is -1.61. The van der Waals surface area contributed by atoms with E-state index in [4.69, 9.17) is 9.47 Å². The van der Waals surface area contributed by atoms with Crippen LogP contribution in [0.1, 0.15) is 5.56 Å². The van der Waals surface area contributed by atoms with E-state index >= 15 is 0 Å². The molecule has 3 N–H and O–H groups in total. The van der Waals surface area contributed by atoms with Gasteiger partial charge in [-0.15, -0.1) is 0 Å². The molecule has 13 nitrogen and oxygen atoms in total. The van der Waals surface area contributed by atoms with Crippen molar-refractivity contribution in [3.05, 3.63) is 54.9 Å². The van der Waals surface area contributed by atoms with Gasteiger partial charge in [-0.2, -0.15) is 23.1 Å². The maximum Gasteiger partial charge on any atom is 0.421 e. The molecular formula is C27H28F3N9O4. The standard InChI is InChI=1S/C27H28F3N9O4/c1-3-21(40)33-17-5-4-6-18(11-17)34-22-19(27(28,29)30)12-31-25(36-22)35-20-13-32-26(37-23(20)42-2)39-9-7-38(8-10-39)24(41)16-14-43-15-16/h3-6,11-13,16H,1,7-10,14-15H2,2H3,(H,33,40)(H2,31,34,35,36). The van der Waals surface area contributed by atoms with E-state index < -0.39 is 23.5 Å². The molecule has 2 aliphatic rings. The minimum atomic E-state index is -4.75. The number of carbonyl (C=O) groups excluding carboxylic acids is 2. The molecule has 3 aromatic rings. The Hall–Kier alpha value is -4.99. The number of piperazine rings is 1. The third kappa shape index (κ3) is 6.91. The molecule has 0 atom stereocenters. The zero-order valence-electron chi connectivity index (χ0n) is 23.0. The molecule has 2 aliphatic heterocycles. The van der Waals surface area contributed by atoms with Crippen molar-refractivity contribution in [1.82, 2.24) is 24.8 Å². The number of nitrogens with zero attached hydrogens (tertiary/aromatic N) is 6. The number of hydrogen-bond acceptors (Lipinski definition) is 11. The first kappa shape index (κ1) is 29.5. The van der Waals surface area contributed by atoms with Crippen LogP contribution < -0.4 is 25.6 Å². The molecule has 0 aliphatic carbocycles. The number of halogens is 3. The number of alkyl halides is 3. The van der Waals surface area contributed by atoms with Gasteiger partial charge in [-0.05, 0) is 24.3 Å². The number of benzene rings is 1. The Morgan fingerprint density at radius 2 is 1.81 bits per heavy atom. The number of carbonyl (C=O) groups is 2. The third-order valence-corrected chi connectivity index (χ3v) is 6.71. The first-order valence-electron chi connectivity index (χ1n) is 13.2. The van der Waals surface area contributed by atoms with Gasteiger partial charge in [-0.25, -0.2) is 9.97 Å². The van der Waals surface area contributed by atoms with Crippen LogP contribution in [-0.2, 0) is 20.5 Å². The van der Waals surface area contributed by atoms with Crippen LogP contribution in [0.4, 0.5) is 47.9 Å². The minimum absolute atomic E-state index is 0.0773. The Balaban J connectivity index is 1.32. The van der Waals surface area contributed by atoms with Crippen molar-refractivity contribution in [1.29, 1.82) is 0 Å². The van der Waals surface area contributed by atoms with Gasteiger partial charge >= 0.3 is 6.18 Å². The number of hydrogen-bond donors (Lipinski definition) is 3. The van der Waals surface area contributed by atoms with E-state index in [2.05, 4.69) is 42.5 Å². The van der Waals surface area contributed by atoms with Gasteiger partial charge < -0.3 is 35.2 Å². The highest BCUT2D eigenvalue weighted by Gasteiger charge is 2.36. The summed E-state index contributed by atoms with van der Waals surface area (Å²) >= 11 is 0. The molecule has 2 aromatic heterocycles. The van der Waals surface area contributed by atoms with Crippen molar-refractivity contribution in [2.24, 2.45) is 5.92 Å². The molecule has 1 aromatic carbocycles. The zero-order valence-corrected chi connectivity index (χ0v) is 23.0. The average Bonchev–Trinajstić information content (AvgIpc) is 2.96. The Labute approximate surface area is 244 Å². The molecule has 2 saturated heterocycles. The fraction of sp³-hybridized carbons (Fsp3) is 0.333. The van der Waals surface area contributed by atoms with E-state index in [0.717, 1.165) is 6.08 Å². The first-order valence-corrected chi connectivity index (χ1v) is 13.2. The first-order chi connectivity index (χ1) is 20.6. The monoisotopic (exact) mass is 599 g/mol. The molecule has 16 heteroatoms. The number of amides is 2. The number of nitrogens with one attached hydrogen (secondary N) is 3. The fourth-order valence-electron chi connectivity index (χ4n) is 4.38. The molecule has 0 bridgehead atoms.